The van der Waals surface area contributed by atoms with E-state index in [9.17, 15) is 18.0 Å². The van der Waals surface area contributed by atoms with Gasteiger partial charge in [0.1, 0.15) is 0 Å². The van der Waals surface area contributed by atoms with E-state index in [0.717, 1.165) is 0 Å². The Morgan fingerprint density at radius 1 is 1.11 bits per heavy atom. The maximum atomic E-state index is 12.5. The summed E-state index contributed by atoms with van der Waals surface area (Å²) in [6.45, 7) is 3.79. The molecular weight excluding hydrogens is 368 g/mol. The molecule has 2 aromatic rings. The fraction of sp³-hybridized carbons (Fsp3) is 0.158. The van der Waals surface area contributed by atoms with Crippen molar-refractivity contribution in [2.75, 3.05) is 18.4 Å². The summed E-state index contributed by atoms with van der Waals surface area (Å²) in [5.41, 5.74) is 1.22. The first kappa shape index (κ1) is 20.2. The number of rotatable bonds is 8. The average molecular weight is 388 g/mol. The van der Waals surface area contributed by atoms with Gasteiger partial charge in [-0.05, 0) is 29.8 Å². The first-order valence-corrected chi connectivity index (χ1v) is 9.67. The Hall–Kier alpha value is -3.13. The molecule has 0 saturated carbocycles. The molecule has 0 aliphatic heterocycles. The fourth-order valence-electron chi connectivity index (χ4n) is 2.31. The van der Waals surface area contributed by atoms with Gasteiger partial charge in [-0.15, -0.1) is 6.58 Å². The summed E-state index contributed by atoms with van der Waals surface area (Å²) in [6.07, 6.45) is 1.53. The quantitative estimate of drug-likeness (QED) is 0.534. The summed E-state index contributed by atoms with van der Waals surface area (Å²) in [4.78, 5) is 23.6. The number of carbonyl (C=O) groups excluding carboxylic acids is 2. The van der Waals surface area contributed by atoms with Gasteiger partial charge in [0.05, 0.1) is 29.7 Å². The van der Waals surface area contributed by atoms with Crippen molar-refractivity contribution < 1.29 is 22.7 Å². The highest BCUT2D eigenvalue weighted by Gasteiger charge is 2.17. The Morgan fingerprint density at radius 2 is 1.78 bits per heavy atom. The minimum atomic E-state index is -3.77. The van der Waals surface area contributed by atoms with Crippen molar-refractivity contribution >= 4 is 27.6 Å². The Kier molecular flexibility index (Phi) is 6.73. The molecular formula is C19H20N2O5S. The first-order valence-electron chi connectivity index (χ1n) is 8.02. The Labute approximate surface area is 158 Å². The van der Waals surface area contributed by atoms with Gasteiger partial charge in [-0.1, -0.05) is 30.3 Å². The van der Waals surface area contributed by atoms with Crippen molar-refractivity contribution in [1.82, 2.24) is 5.32 Å². The minimum absolute atomic E-state index is 0.185. The average Bonchev–Trinajstić information content (AvgIpc) is 2.65. The van der Waals surface area contributed by atoms with Crippen LogP contribution in [0, 0.1) is 0 Å². The number of hydrogen-bond acceptors (Lipinski definition) is 5. The maximum absolute atomic E-state index is 12.5. The van der Waals surface area contributed by atoms with Crippen molar-refractivity contribution in [3.8, 4) is 0 Å². The summed E-state index contributed by atoms with van der Waals surface area (Å²) in [5, 5.41) is 2.61. The van der Waals surface area contributed by atoms with Crippen LogP contribution in [-0.2, 0) is 20.5 Å². The molecule has 2 N–H and O–H groups in total. The van der Waals surface area contributed by atoms with Gasteiger partial charge in [0.2, 0.25) is 10.0 Å². The molecule has 7 nitrogen and oxygen atoms in total. The molecule has 0 unspecified atom stereocenters. The third-order valence-electron chi connectivity index (χ3n) is 3.58. The summed E-state index contributed by atoms with van der Waals surface area (Å²) >= 11 is 0. The summed E-state index contributed by atoms with van der Waals surface area (Å²) in [7, 11) is -2.50. The number of hydrogen-bond donors (Lipinski definition) is 2. The third kappa shape index (κ3) is 5.68. The molecule has 0 spiro atoms. The smallest absolute Gasteiger partial charge is 0.337 e. The number of carbonyl (C=O) groups is 2. The molecule has 0 atom stereocenters. The van der Waals surface area contributed by atoms with Crippen molar-refractivity contribution in [2.45, 2.75) is 5.75 Å². The largest absolute Gasteiger partial charge is 0.465 e. The van der Waals surface area contributed by atoms with E-state index >= 15 is 0 Å². The molecule has 27 heavy (non-hydrogen) atoms. The molecule has 2 rings (SSSR count). The van der Waals surface area contributed by atoms with Crippen molar-refractivity contribution in [1.29, 1.82) is 0 Å². The van der Waals surface area contributed by atoms with Crippen LogP contribution in [0.1, 0.15) is 26.3 Å². The van der Waals surface area contributed by atoms with Crippen LogP contribution in [0.3, 0.4) is 0 Å². The lowest BCUT2D eigenvalue weighted by molar-refractivity contribution is 0.0600. The number of amides is 1. The number of anilines is 1. The zero-order valence-corrected chi connectivity index (χ0v) is 15.6. The van der Waals surface area contributed by atoms with Crippen molar-refractivity contribution in [3.63, 3.8) is 0 Å². The topological polar surface area (TPSA) is 102 Å². The van der Waals surface area contributed by atoms with Crippen LogP contribution in [0.2, 0.25) is 0 Å². The van der Waals surface area contributed by atoms with Gasteiger partial charge >= 0.3 is 5.97 Å². The zero-order chi connectivity index (χ0) is 19.9. The van der Waals surface area contributed by atoms with Crippen molar-refractivity contribution in [2.24, 2.45) is 0 Å². The molecule has 0 bridgehead atoms. The second-order valence-electron chi connectivity index (χ2n) is 5.59. The Morgan fingerprint density at radius 3 is 2.41 bits per heavy atom. The van der Waals surface area contributed by atoms with Gasteiger partial charge in [0, 0.05) is 6.54 Å². The van der Waals surface area contributed by atoms with E-state index in [4.69, 9.17) is 0 Å². The van der Waals surface area contributed by atoms with Crippen molar-refractivity contribution in [3.05, 3.63) is 77.9 Å². The molecule has 0 saturated heterocycles. The molecule has 0 radical (unpaired) electrons. The molecule has 2 aromatic carbocycles. The standard InChI is InChI=1S/C19H20N2O5S/c1-3-12-20-18(22)16-6-4-5-7-17(16)21-27(24,25)13-14-8-10-15(11-9-14)19(23)26-2/h3-11,21H,1,12-13H2,2H3,(H,20,22). The molecule has 0 aromatic heterocycles. The number of para-hydroxylation sites is 1. The zero-order valence-electron chi connectivity index (χ0n) is 14.8. The van der Waals surface area contributed by atoms with Gasteiger partial charge in [-0.25, -0.2) is 13.2 Å². The predicted molar refractivity (Wildman–Crippen MR) is 103 cm³/mol. The summed E-state index contributed by atoms with van der Waals surface area (Å²) in [5.74, 6) is -1.21. The summed E-state index contributed by atoms with van der Waals surface area (Å²) < 4.78 is 32.0. The molecule has 0 heterocycles. The monoisotopic (exact) mass is 388 g/mol. The number of esters is 1. The van der Waals surface area contributed by atoms with E-state index in [-0.39, 0.29) is 23.5 Å². The highest BCUT2D eigenvalue weighted by Crippen LogP contribution is 2.18. The molecule has 1 amide bonds. The van der Waals surface area contributed by atoms with Crippen LogP contribution in [0.4, 0.5) is 5.69 Å². The number of sulfonamides is 1. The van der Waals surface area contributed by atoms with Gasteiger partial charge < -0.3 is 10.1 Å². The highest BCUT2D eigenvalue weighted by molar-refractivity contribution is 7.91. The number of methoxy groups -OCH3 is 1. The van der Waals surface area contributed by atoms with Gasteiger partial charge in [0.15, 0.2) is 0 Å². The second kappa shape index (κ2) is 9.00. The lowest BCUT2D eigenvalue weighted by Gasteiger charge is -2.12. The molecule has 8 heteroatoms. The molecule has 0 aliphatic rings. The lowest BCUT2D eigenvalue weighted by Crippen LogP contribution is -2.25. The van der Waals surface area contributed by atoms with Crippen LogP contribution in [0.25, 0.3) is 0 Å². The fourth-order valence-corrected chi connectivity index (χ4v) is 3.52. The minimum Gasteiger partial charge on any atom is -0.465 e. The maximum Gasteiger partial charge on any atom is 0.337 e. The highest BCUT2D eigenvalue weighted by atomic mass is 32.2. The van der Waals surface area contributed by atoms with Crippen LogP contribution >= 0.6 is 0 Å². The van der Waals surface area contributed by atoms with E-state index in [0.29, 0.717) is 11.1 Å². The first-order chi connectivity index (χ1) is 12.9. The number of benzene rings is 2. The van der Waals surface area contributed by atoms with Crippen LogP contribution in [-0.4, -0.2) is 33.9 Å². The molecule has 0 aliphatic carbocycles. The van der Waals surface area contributed by atoms with Crippen LogP contribution in [0.15, 0.2) is 61.2 Å². The van der Waals surface area contributed by atoms with Gasteiger partial charge in [-0.3, -0.25) is 9.52 Å². The lowest BCUT2D eigenvalue weighted by atomic mass is 10.1. The van der Waals surface area contributed by atoms with Crippen LogP contribution in [0.5, 0.6) is 0 Å². The molecule has 0 fully saturated rings. The van der Waals surface area contributed by atoms with Gasteiger partial charge in [0.25, 0.3) is 5.91 Å². The third-order valence-corrected chi connectivity index (χ3v) is 4.82. The predicted octanol–water partition coefficient (Wildman–Crippen LogP) is 2.33. The number of ether oxygens (including phenoxy) is 1. The van der Waals surface area contributed by atoms with E-state index < -0.39 is 21.9 Å². The van der Waals surface area contributed by atoms with Gasteiger partial charge in [-0.2, -0.15) is 0 Å². The van der Waals surface area contributed by atoms with E-state index in [1.54, 1.807) is 12.1 Å². The van der Waals surface area contributed by atoms with E-state index in [2.05, 4.69) is 21.4 Å². The normalized spacial score (nSPS) is 10.7. The number of nitrogens with one attached hydrogen (secondary N) is 2. The summed E-state index contributed by atoms with van der Waals surface area (Å²) in [6, 6.07) is 12.4. The second-order valence-corrected chi connectivity index (χ2v) is 7.32. The SMILES string of the molecule is C=CCNC(=O)c1ccccc1NS(=O)(=O)Cc1ccc(C(=O)OC)cc1. The van der Waals surface area contributed by atoms with E-state index in [1.807, 2.05) is 0 Å². The van der Waals surface area contributed by atoms with Crippen LogP contribution < -0.4 is 10.0 Å². The van der Waals surface area contributed by atoms with E-state index in [1.165, 1.54) is 49.6 Å². The Bertz CT molecular complexity index is 937. The molecule has 142 valence electrons. The Balaban J connectivity index is 2.16.